The van der Waals surface area contributed by atoms with E-state index in [1.165, 1.54) is 7.11 Å². The number of anilines is 1. The van der Waals surface area contributed by atoms with Gasteiger partial charge in [0.25, 0.3) is 0 Å². The molecule has 0 bridgehead atoms. The second kappa shape index (κ2) is 4.14. The van der Waals surface area contributed by atoms with Gasteiger partial charge in [0.1, 0.15) is 0 Å². The van der Waals surface area contributed by atoms with Crippen LogP contribution in [-0.4, -0.2) is 13.1 Å². The van der Waals surface area contributed by atoms with E-state index in [-0.39, 0.29) is 0 Å². The Kier molecular flexibility index (Phi) is 2.67. The highest BCUT2D eigenvalue weighted by Gasteiger charge is 2.14. The van der Waals surface area contributed by atoms with E-state index in [2.05, 4.69) is 6.07 Å². The number of esters is 1. The van der Waals surface area contributed by atoms with Crippen LogP contribution in [0.1, 0.15) is 15.9 Å². The van der Waals surface area contributed by atoms with Crippen molar-refractivity contribution in [2.45, 2.75) is 0 Å². The van der Waals surface area contributed by atoms with Crippen LogP contribution in [0.3, 0.4) is 0 Å². The fourth-order valence-electron chi connectivity index (χ4n) is 1.80. The molecule has 4 nitrogen and oxygen atoms in total. The first kappa shape index (κ1) is 11.0. The maximum Gasteiger partial charge on any atom is 0.338 e. The highest BCUT2D eigenvalue weighted by molar-refractivity contribution is 6.10. The van der Waals surface area contributed by atoms with Gasteiger partial charge in [-0.15, -0.1) is 0 Å². The van der Waals surface area contributed by atoms with Crippen LogP contribution < -0.4 is 5.73 Å². The predicted octanol–water partition coefficient (Wildman–Crippen LogP) is 2.08. The van der Waals surface area contributed by atoms with E-state index in [4.69, 9.17) is 15.7 Å². The van der Waals surface area contributed by atoms with Gasteiger partial charge in [0, 0.05) is 16.5 Å². The zero-order chi connectivity index (χ0) is 12.4. The molecule has 0 aromatic heterocycles. The summed E-state index contributed by atoms with van der Waals surface area (Å²) < 4.78 is 4.69. The first-order valence-corrected chi connectivity index (χ1v) is 4.98. The Bertz CT molecular complexity index is 642. The highest BCUT2D eigenvalue weighted by Crippen LogP contribution is 2.28. The Morgan fingerprint density at radius 1 is 1.35 bits per heavy atom. The number of fused-ring (bicyclic) bond motifs is 1. The number of hydrogen-bond acceptors (Lipinski definition) is 4. The van der Waals surface area contributed by atoms with Gasteiger partial charge in [0.05, 0.1) is 24.3 Å². The van der Waals surface area contributed by atoms with Crippen LogP contribution in [0.2, 0.25) is 0 Å². The molecule has 0 saturated heterocycles. The maximum absolute atomic E-state index is 11.6. The molecule has 0 fully saturated rings. The van der Waals surface area contributed by atoms with Crippen molar-refractivity contribution >= 4 is 22.4 Å². The number of benzene rings is 2. The number of rotatable bonds is 1. The number of nitrogen functional groups attached to an aromatic ring is 1. The quantitative estimate of drug-likeness (QED) is 0.596. The van der Waals surface area contributed by atoms with Crippen molar-refractivity contribution in [3.63, 3.8) is 0 Å². The lowest BCUT2D eigenvalue weighted by molar-refractivity contribution is 0.0603. The first-order chi connectivity index (χ1) is 8.19. The maximum atomic E-state index is 11.6. The SMILES string of the molecule is COC(=O)c1ccc(N)c2cccc(C#N)c12. The van der Waals surface area contributed by atoms with E-state index in [9.17, 15) is 4.79 Å². The summed E-state index contributed by atoms with van der Waals surface area (Å²) in [5.41, 5.74) is 7.13. The molecule has 2 N–H and O–H groups in total. The smallest absolute Gasteiger partial charge is 0.338 e. The zero-order valence-corrected chi connectivity index (χ0v) is 9.23. The van der Waals surface area contributed by atoms with Crippen molar-refractivity contribution in [2.75, 3.05) is 12.8 Å². The number of ether oxygens (including phenoxy) is 1. The van der Waals surface area contributed by atoms with Gasteiger partial charge in [-0.1, -0.05) is 12.1 Å². The average Bonchev–Trinajstić information content (AvgIpc) is 2.38. The largest absolute Gasteiger partial charge is 0.465 e. The van der Waals surface area contributed by atoms with E-state index in [0.29, 0.717) is 27.6 Å². The van der Waals surface area contributed by atoms with Crippen molar-refractivity contribution in [3.8, 4) is 6.07 Å². The normalized spacial score (nSPS) is 9.88. The third-order valence-corrected chi connectivity index (χ3v) is 2.60. The Balaban J connectivity index is 2.92. The van der Waals surface area contributed by atoms with E-state index < -0.39 is 5.97 Å². The molecule has 17 heavy (non-hydrogen) atoms. The number of hydrogen-bond donors (Lipinski definition) is 1. The van der Waals surface area contributed by atoms with E-state index >= 15 is 0 Å². The molecule has 2 aromatic carbocycles. The summed E-state index contributed by atoms with van der Waals surface area (Å²) in [5, 5.41) is 10.3. The van der Waals surface area contributed by atoms with Crippen LogP contribution in [-0.2, 0) is 4.74 Å². The van der Waals surface area contributed by atoms with Gasteiger partial charge in [-0.2, -0.15) is 5.26 Å². The van der Waals surface area contributed by atoms with E-state index in [1.807, 2.05) is 0 Å². The van der Waals surface area contributed by atoms with Gasteiger partial charge in [-0.25, -0.2) is 4.79 Å². The van der Waals surface area contributed by atoms with Crippen LogP contribution in [0.15, 0.2) is 30.3 Å². The molecular formula is C13H10N2O2. The zero-order valence-electron chi connectivity index (χ0n) is 9.23. The average molecular weight is 226 g/mol. The second-order valence-corrected chi connectivity index (χ2v) is 3.53. The van der Waals surface area contributed by atoms with Gasteiger partial charge in [-0.3, -0.25) is 0 Å². The molecule has 84 valence electrons. The third kappa shape index (κ3) is 1.68. The molecule has 2 aromatic rings. The number of nitriles is 1. The predicted molar refractivity (Wildman–Crippen MR) is 64.4 cm³/mol. The molecule has 4 heteroatoms. The summed E-state index contributed by atoms with van der Waals surface area (Å²) in [6.07, 6.45) is 0. The number of carbonyl (C=O) groups excluding carboxylic acids is 1. The van der Waals surface area contributed by atoms with Crippen molar-refractivity contribution < 1.29 is 9.53 Å². The Morgan fingerprint density at radius 3 is 2.76 bits per heavy atom. The molecule has 0 heterocycles. The van der Waals surface area contributed by atoms with Crippen LogP contribution in [0.25, 0.3) is 10.8 Å². The van der Waals surface area contributed by atoms with Crippen molar-refractivity contribution in [2.24, 2.45) is 0 Å². The molecule has 0 aliphatic rings. The second-order valence-electron chi connectivity index (χ2n) is 3.53. The van der Waals surface area contributed by atoms with E-state index in [0.717, 1.165) is 0 Å². The van der Waals surface area contributed by atoms with Crippen LogP contribution in [0.5, 0.6) is 0 Å². The number of nitrogens with zero attached hydrogens (tertiary/aromatic N) is 1. The fourth-order valence-corrected chi connectivity index (χ4v) is 1.80. The first-order valence-electron chi connectivity index (χ1n) is 4.98. The van der Waals surface area contributed by atoms with Crippen molar-refractivity contribution in [1.82, 2.24) is 0 Å². The highest BCUT2D eigenvalue weighted by atomic mass is 16.5. The van der Waals surface area contributed by atoms with Crippen molar-refractivity contribution in [3.05, 3.63) is 41.5 Å². The Labute approximate surface area is 98.2 Å². The topological polar surface area (TPSA) is 76.1 Å². The van der Waals surface area contributed by atoms with Crippen LogP contribution >= 0.6 is 0 Å². The molecule has 0 saturated carbocycles. The van der Waals surface area contributed by atoms with Crippen LogP contribution in [0.4, 0.5) is 5.69 Å². The molecule has 0 amide bonds. The van der Waals surface area contributed by atoms with Crippen molar-refractivity contribution in [1.29, 1.82) is 5.26 Å². The molecule has 0 aliphatic heterocycles. The molecule has 2 rings (SSSR count). The molecule has 0 spiro atoms. The lowest BCUT2D eigenvalue weighted by atomic mass is 9.98. The minimum absolute atomic E-state index is 0.355. The fraction of sp³-hybridized carbons (Fsp3) is 0.0769. The Morgan fingerprint density at radius 2 is 2.12 bits per heavy atom. The molecule has 0 unspecified atom stereocenters. The van der Waals surface area contributed by atoms with Gasteiger partial charge < -0.3 is 10.5 Å². The third-order valence-electron chi connectivity index (χ3n) is 2.60. The lowest BCUT2D eigenvalue weighted by Gasteiger charge is -2.08. The lowest BCUT2D eigenvalue weighted by Crippen LogP contribution is -2.04. The van der Waals surface area contributed by atoms with Gasteiger partial charge >= 0.3 is 5.97 Å². The van der Waals surface area contributed by atoms with Crippen LogP contribution in [0, 0.1) is 11.3 Å². The summed E-state index contributed by atoms with van der Waals surface area (Å²) in [5.74, 6) is -0.474. The standard InChI is InChI=1S/C13H10N2O2/c1-17-13(16)10-5-6-11(15)9-4-2-3-8(7-14)12(9)10/h2-6H,15H2,1H3. The molecular weight excluding hydrogens is 216 g/mol. The summed E-state index contributed by atoms with van der Waals surface area (Å²) in [7, 11) is 1.31. The number of carbonyl (C=O) groups is 1. The van der Waals surface area contributed by atoms with Gasteiger partial charge in [-0.05, 0) is 18.2 Å². The molecule has 0 aliphatic carbocycles. The van der Waals surface area contributed by atoms with Gasteiger partial charge in [0.2, 0.25) is 0 Å². The summed E-state index contributed by atoms with van der Waals surface area (Å²) in [6, 6.07) is 10.4. The minimum Gasteiger partial charge on any atom is -0.465 e. The Hall–Kier alpha value is -2.54. The number of nitrogens with two attached hydrogens (primary N) is 1. The van der Waals surface area contributed by atoms with E-state index in [1.54, 1.807) is 30.3 Å². The number of methoxy groups -OCH3 is 1. The molecule has 0 radical (unpaired) electrons. The minimum atomic E-state index is -0.474. The molecule has 0 atom stereocenters. The summed E-state index contributed by atoms with van der Waals surface area (Å²) >= 11 is 0. The summed E-state index contributed by atoms with van der Waals surface area (Å²) in [4.78, 5) is 11.6. The van der Waals surface area contributed by atoms with Gasteiger partial charge in [0.15, 0.2) is 0 Å². The summed E-state index contributed by atoms with van der Waals surface area (Å²) in [6.45, 7) is 0. The monoisotopic (exact) mass is 226 g/mol.